The van der Waals surface area contributed by atoms with E-state index in [2.05, 4.69) is 0 Å². The Bertz CT molecular complexity index is 289. The number of hydrogen-bond acceptors (Lipinski definition) is 7. The van der Waals surface area contributed by atoms with Gasteiger partial charge in [0.25, 0.3) is 0 Å². The van der Waals surface area contributed by atoms with E-state index < -0.39 is 24.0 Å². The van der Waals surface area contributed by atoms with E-state index in [1.165, 1.54) is 23.5 Å². The lowest BCUT2D eigenvalue weighted by molar-refractivity contribution is -0.138. The highest BCUT2D eigenvalue weighted by Crippen LogP contribution is 2.06. The van der Waals surface area contributed by atoms with Gasteiger partial charge in [-0.25, -0.2) is 0 Å². The Balaban J connectivity index is -0.00000200. The lowest BCUT2D eigenvalue weighted by Gasteiger charge is -2.07. The standard InChI is InChI=1S/C12H24N2O5S2.2ClH/c13-9(11(15)16)7-20-5-1-3-19-4-2-6-21-8-10(14)12(17)18;;/h9-10H,1-8,13-14H2,(H,15,16)(H,17,18);2*1H/t9-,10-;;/m0../s1. The summed E-state index contributed by atoms with van der Waals surface area (Å²) in [6, 6.07) is -1.60. The molecule has 0 saturated heterocycles. The first kappa shape index (κ1) is 27.9. The Morgan fingerprint density at radius 1 is 0.870 bits per heavy atom. The summed E-state index contributed by atoms with van der Waals surface area (Å²) in [5, 5.41) is 17.2. The quantitative estimate of drug-likeness (QED) is 0.306. The van der Waals surface area contributed by atoms with E-state index in [1.54, 1.807) is 0 Å². The maximum Gasteiger partial charge on any atom is 0.321 e. The van der Waals surface area contributed by atoms with Crippen LogP contribution in [-0.4, -0.2) is 70.5 Å². The molecule has 0 heterocycles. The molecule has 0 unspecified atom stereocenters. The number of carboxylic acids is 2. The molecule has 0 saturated carbocycles. The highest BCUT2D eigenvalue weighted by molar-refractivity contribution is 7.99. The van der Waals surface area contributed by atoms with E-state index in [1.807, 2.05) is 0 Å². The summed E-state index contributed by atoms with van der Waals surface area (Å²) < 4.78 is 5.42. The van der Waals surface area contributed by atoms with E-state index in [9.17, 15) is 9.59 Å². The first-order valence-corrected chi connectivity index (χ1v) is 8.96. The van der Waals surface area contributed by atoms with Gasteiger partial charge in [-0.2, -0.15) is 23.5 Å². The summed E-state index contributed by atoms with van der Waals surface area (Å²) in [6.45, 7) is 1.27. The maximum absolute atomic E-state index is 10.5. The van der Waals surface area contributed by atoms with Gasteiger partial charge in [0.05, 0.1) is 0 Å². The molecule has 0 aliphatic heterocycles. The fourth-order valence-electron chi connectivity index (χ4n) is 1.19. The SMILES string of the molecule is Cl.Cl.N[C@@H](CSCCCOCCCSC[C@H](N)C(=O)O)C(=O)O. The number of hydrogen-bond donors (Lipinski definition) is 4. The molecule has 0 aliphatic carbocycles. The van der Waals surface area contributed by atoms with E-state index >= 15 is 0 Å². The average Bonchev–Trinajstić information content (AvgIpc) is 2.43. The number of carbonyl (C=O) groups is 2. The van der Waals surface area contributed by atoms with Crippen molar-refractivity contribution >= 4 is 60.3 Å². The maximum atomic E-state index is 10.5. The smallest absolute Gasteiger partial charge is 0.321 e. The Labute approximate surface area is 157 Å². The van der Waals surface area contributed by atoms with Gasteiger partial charge in [-0.05, 0) is 24.3 Å². The normalized spacial score (nSPS) is 12.6. The highest BCUT2D eigenvalue weighted by Gasteiger charge is 2.11. The molecule has 0 aromatic carbocycles. The molecule has 0 bridgehead atoms. The minimum absolute atomic E-state index is 0. The molecule has 0 aliphatic rings. The van der Waals surface area contributed by atoms with Crippen molar-refractivity contribution in [2.75, 3.05) is 36.2 Å². The summed E-state index contributed by atoms with van der Waals surface area (Å²) in [7, 11) is 0. The molecular weight excluding hydrogens is 387 g/mol. The topological polar surface area (TPSA) is 136 Å². The van der Waals surface area contributed by atoms with Crippen LogP contribution in [0.3, 0.4) is 0 Å². The third-order valence-corrected chi connectivity index (χ3v) is 4.73. The van der Waals surface area contributed by atoms with Gasteiger partial charge in [0.2, 0.25) is 0 Å². The Morgan fingerprint density at radius 3 is 1.52 bits per heavy atom. The van der Waals surface area contributed by atoms with Crippen LogP contribution in [0.1, 0.15) is 12.8 Å². The van der Waals surface area contributed by atoms with Crippen LogP contribution < -0.4 is 11.5 Å². The fraction of sp³-hybridized carbons (Fsp3) is 0.833. The lowest BCUT2D eigenvalue weighted by atomic mass is 10.4. The van der Waals surface area contributed by atoms with Gasteiger partial charge in [-0.15, -0.1) is 24.8 Å². The van der Waals surface area contributed by atoms with Gasteiger partial charge in [0.1, 0.15) is 12.1 Å². The largest absolute Gasteiger partial charge is 0.480 e. The molecule has 0 fully saturated rings. The molecule has 0 spiro atoms. The summed E-state index contributed by atoms with van der Waals surface area (Å²) in [5.41, 5.74) is 10.7. The Hall–Kier alpha value is 0.1000. The molecule has 140 valence electrons. The zero-order chi connectivity index (χ0) is 16.1. The lowest BCUT2D eigenvalue weighted by Crippen LogP contribution is -2.32. The number of nitrogens with two attached hydrogens (primary N) is 2. The van der Waals surface area contributed by atoms with E-state index in [0.29, 0.717) is 24.7 Å². The van der Waals surface area contributed by atoms with Crippen molar-refractivity contribution in [2.45, 2.75) is 24.9 Å². The van der Waals surface area contributed by atoms with Crippen LogP contribution in [0.2, 0.25) is 0 Å². The zero-order valence-corrected chi connectivity index (χ0v) is 16.0. The van der Waals surface area contributed by atoms with Crippen LogP contribution in [0.4, 0.5) is 0 Å². The molecule has 23 heavy (non-hydrogen) atoms. The number of carboxylic acid groups (broad SMARTS) is 2. The summed E-state index contributed by atoms with van der Waals surface area (Å²) in [5.74, 6) is 0.524. The predicted molar refractivity (Wildman–Crippen MR) is 100 cm³/mol. The van der Waals surface area contributed by atoms with Crippen molar-refractivity contribution in [3.05, 3.63) is 0 Å². The Kier molecular flexibility index (Phi) is 22.4. The zero-order valence-electron chi connectivity index (χ0n) is 12.7. The molecule has 2 atom stereocenters. The van der Waals surface area contributed by atoms with E-state index in [0.717, 1.165) is 24.3 Å². The van der Waals surface area contributed by atoms with Gasteiger partial charge < -0.3 is 26.4 Å². The van der Waals surface area contributed by atoms with Gasteiger partial charge in [0.15, 0.2) is 0 Å². The van der Waals surface area contributed by atoms with Crippen molar-refractivity contribution in [3.63, 3.8) is 0 Å². The number of rotatable bonds is 14. The second-order valence-electron chi connectivity index (χ2n) is 4.36. The van der Waals surface area contributed by atoms with Gasteiger partial charge in [-0.1, -0.05) is 0 Å². The number of aliphatic carboxylic acids is 2. The molecular formula is C12H26Cl2N2O5S2. The average molecular weight is 413 g/mol. The second kappa shape index (κ2) is 18.4. The third kappa shape index (κ3) is 18.3. The van der Waals surface area contributed by atoms with Crippen molar-refractivity contribution in [1.82, 2.24) is 0 Å². The predicted octanol–water partition coefficient (Wildman–Crippen LogP) is 0.917. The summed E-state index contributed by atoms with van der Waals surface area (Å²) >= 11 is 3.02. The molecule has 0 radical (unpaired) electrons. The van der Waals surface area contributed by atoms with Crippen LogP contribution in [0.5, 0.6) is 0 Å². The first-order chi connectivity index (χ1) is 9.95. The van der Waals surface area contributed by atoms with Crippen LogP contribution in [-0.2, 0) is 14.3 Å². The monoisotopic (exact) mass is 412 g/mol. The van der Waals surface area contributed by atoms with E-state index in [-0.39, 0.29) is 24.8 Å². The van der Waals surface area contributed by atoms with Crippen molar-refractivity contribution < 1.29 is 24.5 Å². The van der Waals surface area contributed by atoms with Crippen molar-refractivity contribution in [1.29, 1.82) is 0 Å². The highest BCUT2D eigenvalue weighted by atomic mass is 35.5. The van der Waals surface area contributed by atoms with Crippen LogP contribution in [0.25, 0.3) is 0 Å². The Morgan fingerprint density at radius 2 is 1.22 bits per heavy atom. The molecule has 0 rings (SSSR count). The number of thioether (sulfide) groups is 2. The van der Waals surface area contributed by atoms with Crippen LogP contribution in [0, 0.1) is 0 Å². The minimum atomic E-state index is -0.973. The third-order valence-electron chi connectivity index (χ3n) is 2.38. The molecule has 0 amide bonds. The second-order valence-corrected chi connectivity index (χ2v) is 6.66. The minimum Gasteiger partial charge on any atom is -0.480 e. The van der Waals surface area contributed by atoms with E-state index in [4.69, 9.17) is 26.4 Å². The summed E-state index contributed by atoms with van der Waals surface area (Å²) in [4.78, 5) is 20.9. The molecule has 7 nitrogen and oxygen atoms in total. The molecule has 0 aromatic heterocycles. The molecule has 0 aromatic rings. The van der Waals surface area contributed by atoms with Gasteiger partial charge >= 0.3 is 11.9 Å². The van der Waals surface area contributed by atoms with Gasteiger partial charge in [0, 0.05) is 24.7 Å². The molecule has 11 heteroatoms. The summed E-state index contributed by atoms with van der Waals surface area (Å²) in [6.07, 6.45) is 1.71. The van der Waals surface area contributed by atoms with Crippen LogP contribution in [0.15, 0.2) is 0 Å². The number of halogens is 2. The molecule has 6 N–H and O–H groups in total. The van der Waals surface area contributed by atoms with Crippen molar-refractivity contribution in [2.24, 2.45) is 11.5 Å². The first-order valence-electron chi connectivity index (χ1n) is 6.65. The fourth-order valence-corrected chi connectivity index (χ4v) is 2.96. The van der Waals surface area contributed by atoms with Gasteiger partial charge in [-0.3, -0.25) is 9.59 Å². The van der Waals surface area contributed by atoms with Crippen LogP contribution >= 0.6 is 48.3 Å². The number of ether oxygens (including phenoxy) is 1. The van der Waals surface area contributed by atoms with Crippen molar-refractivity contribution in [3.8, 4) is 0 Å².